The van der Waals surface area contributed by atoms with E-state index >= 15 is 0 Å². The molecule has 11 nitrogen and oxygen atoms in total. The van der Waals surface area contributed by atoms with Gasteiger partial charge in [-0.05, 0) is 59.1 Å². The van der Waals surface area contributed by atoms with E-state index in [0.717, 1.165) is 30.5 Å². The molecule has 220 valence electrons. The third-order valence-corrected chi connectivity index (χ3v) is 7.53. The molecular formula is C30H35FN8O3. The maximum Gasteiger partial charge on any atom is 0.410 e. The molecule has 0 aliphatic carbocycles. The van der Waals surface area contributed by atoms with Crippen molar-refractivity contribution in [1.29, 1.82) is 5.26 Å². The molecule has 6 rings (SSSR count). The molecule has 1 atom stereocenters. The maximum atomic E-state index is 14.9. The number of halogens is 1. The molecule has 2 saturated heterocycles. The van der Waals surface area contributed by atoms with Crippen molar-refractivity contribution in [2.75, 3.05) is 43.0 Å². The quantitative estimate of drug-likeness (QED) is 0.340. The number of piperazine rings is 1. The molecule has 0 radical (unpaired) electrons. The topological polar surface area (TPSA) is 113 Å². The van der Waals surface area contributed by atoms with E-state index in [2.05, 4.69) is 21.3 Å². The number of anilines is 3. The number of nitrogens with zero attached hydrogens (tertiary/aromatic N) is 7. The largest absolute Gasteiger partial charge is 0.444 e. The highest BCUT2D eigenvalue weighted by Gasteiger charge is 2.28. The van der Waals surface area contributed by atoms with Gasteiger partial charge in [-0.2, -0.15) is 10.4 Å². The number of nitriles is 1. The van der Waals surface area contributed by atoms with Gasteiger partial charge in [0, 0.05) is 56.9 Å². The fraction of sp³-hybridized carbons (Fsp3) is 0.467. The predicted octanol–water partition coefficient (Wildman–Crippen LogP) is 5.50. The molecule has 1 N–H and O–H groups in total. The van der Waals surface area contributed by atoms with Crippen molar-refractivity contribution >= 4 is 39.8 Å². The molecule has 0 bridgehead atoms. The average Bonchev–Trinajstić information content (AvgIpc) is 3.52. The number of hydrogen-bond acceptors (Lipinski definition) is 8. The monoisotopic (exact) mass is 574 g/mol. The van der Waals surface area contributed by atoms with Crippen LogP contribution in [0.25, 0.3) is 16.6 Å². The molecule has 1 unspecified atom stereocenters. The van der Waals surface area contributed by atoms with Crippen LogP contribution < -0.4 is 10.2 Å². The first-order chi connectivity index (χ1) is 20.1. The Morgan fingerprint density at radius 2 is 1.95 bits per heavy atom. The van der Waals surface area contributed by atoms with Gasteiger partial charge < -0.3 is 29.0 Å². The number of rotatable bonds is 4. The standard InChI is InChI=1S/C30H35FN8O3/c1-19-17-38-18-21(14-23(31)28(38)33-19)34-27-26-20(16-32)13-22(15-24(26)39(35-27)25-7-5-6-12-41-25)36-8-10-37(11-9-36)29(40)42-30(2,3)4/h13-15,17-18,25H,5-12H2,1-4H3,(H,34,35). The van der Waals surface area contributed by atoms with Gasteiger partial charge in [-0.1, -0.05) is 0 Å². The van der Waals surface area contributed by atoms with Crippen molar-refractivity contribution in [1.82, 2.24) is 24.1 Å². The SMILES string of the molecule is Cc1cn2cc(Nc3nn(C4CCCCO4)c4cc(N5CCN(C(=O)OC(C)(C)C)CC5)cc(C#N)c34)cc(F)c2n1. The molecule has 3 aromatic heterocycles. The number of carbonyl (C=O) groups is 1. The molecule has 0 spiro atoms. The van der Waals surface area contributed by atoms with Gasteiger partial charge in [-0.15, -0.1) is 0 Å². The summed E-state index contributed by atoms with van der Waals surface area (Å²) in [5.74, 6) is -0.00613. The molecule has 2 fully saturated rings. The van der Waals surface area contributed by atoms with Gasteiger partial charge in [0.05, 0.1) is 27.8 Å². The first kappa shape index (κ1) is 27.8. The molecule has 2 aliphatic rings. The van der Waals surface area contributed by atoms with Crippen molar-refractivity contribution in [3.8, 4) is 6.07 Å². The van der Waals surface area contributed by atoms with Crippen molar-refractivity contribution in [2.45, 2.75) is 58.8 Å². The van der Waals surface area contributed by atoms with Crippen LogP contribution >= 0.6 is 0 Å². The average molecular weight is 575 g/mol. The predicted molar refractivity (Wildman–Crippen MR) is 156 cm³/mol. The van der Waals surface area contributed by atoms with E-state index in [1.807, 2.05) is 44.5 Å². The number of ether oxygens (including phenoxy) is 2. The molecular weight excluding hydrogens is 539 g/mol. The molecule has 0 saturated carbocycles. The number of imidazole rings is 1. The summed E-state index contributed by atoms with van der Waals surface area (Å²) in [6, 6.07) is 7.62. The van der Waals surface area contributed by atoms with Crippen molar-refractivity contribution in [3.05, 3.63) is 47.7 Å². The van der Waals surface area contributed by atoms with E-state index in [1.165, 1.54) is 6.07 Å². The minimum absolute atomic E-state index is 0.248. The lowest BCUT2D eigenvalue weighted by Crippen LogP contribution is -2.50. The maximum absolute atomic E-state index is 14.9. The molecule has 5 heterocycles. The summed E-state index contributed by atoms with van der Waals surface area (Å²) in [7, 11) is 0. The van der Waals surface area contributed by atoms with Gasteiger partial charge in [0.25, 0.3) is 0 Å². The van der Waals surface area contributed by atoms with E-state index in [-0.39, 0.29) is 18.0 Å². The molecule has 1 aromatic carbocycles. The summed E-state index contributed by atoms with van der Waals surface area (Å²) >= 11 is 0. The number of aryl methyl sites for hydroxylation is 1. The number of carbonyl (C=O) groups excluding carboxylic acids is 1. The summed E-state index contributed by atoms with van der Waals surface area (Å²) in [6.45, 7) is 10.2. The summed E-state index contributed by atoms with van der Waals surface area (Å²) in [6.07, 6.45) is 5.70. The number of amides is 1. The number of nitrogens with one attached hydrogen (secondary N) is 1. The fourth-order valence-electron chi connectivity index (χ4n) is 5.61. The lowest BCUT2D eigenvalue weighted by Gasteiger charge is -2.37. The van der Waals surface area contributed by atoms with Gasteiger partial charge in [0.15, 0.2) is 23.5 Å². The van der Waals surface area contributed by atoms with Gasteiger partial charge in [-0.3, -0.25) is 0 Å². The Kier molecular flexibility index (Phi) is 7.14. The van der Waals surface area contributed by atoms with Crippen molar-refractivity contribution in [3.63, 3.8) is 0 Å². The van der Waals surface area contributed by atoms with E-state index in [9.17, 15) is 14.4 Å². The van der Waals surface area contributed by atoms with Gasteiger partial charge in [0.2, 0.25) is 0 Å². The van der Waals surface area contributed by atoms with Crippen LogP contribution in [0.1, 0.15) is 57.5 Å². The van der Waals surface area contributed by atoms with Crippen LogP contribution in [0, 0.1) is 24.1 Å². The minimum atomic E-state index is -0.554. The third-order valence-electron chi connectivity index (χ3n) is 7.53. The molecule has 42 heavy (non-hydrogen) atoms. The van der Waals surface area contributed by atoms with Gasteiger partial charge in [-0.25, -0.2) is 18.9 Å². The first-order valence-corrected chi connectivity index (χ1v) is 14.3. The van der Waals surface area contributed by atoms with Crippen LogP contribution in [0.4, 0.5) is 26.4 Å². The Labute approximate surface area is 243 Å². The zero-order valence-electron chi connectivity index (χ0n) is 24.4. The number of aromatic nitrogens is 4. The smallest absolute Gasteiger partial charge is 0.410 e. The van der Waals surface area contributed by atoms with Crippen molar-refractivity contribution < 1.29 is 18.7 Å². The second kappa shape index (κ2) is 10.8. The van der Waals surface area contributed by atoms with Crippen LogP contribution in [0.2, 0.25) is 0 Å². The highest BCUT2D eigenvalue weighted by Crippen LogP contribution is 2.37. The highest BCUT2D eigenvalue weighted by molar-refractivity contribution is 5.98. The fourth-order valence-corrected chi connectivity index (χ4v) is 5.61. The first-order valence-electron chi connectivity index (χ1n) is 14.3. The molecule has 2 aliphatic heterocycles. The minimum Gasteiger partial charge on any atom is -0.444 e. The zero-order chi connectivity index (χ0) is 29.6. The summed E-state index contributed by atoms with van der Waals surface area (Å²) in [5, 5.41) is 19.1. The summed E-state index contributed by atoms with van der Waals surface area (Å²) in [5.41, 5.74) is 2.96. The van der Waals surface area contributed by atoms with Crippen LogP contribution in [0.15, 0.2) is 30.6 Å². The Bertz CT molecular complexity index is 1680. The molecule has 12 heteroatoms. The van der Waals surface area contributed by atoms with Crippen LogP contribution in [0.3, 0.4) is 0 Å². The second-order valence-corrected chi connectivity index (χ2v) is 11.9. The Balaban J connectivity index is 1.35. The van der Waals surface area contributed by atoms with Gasteiger partial charge in [0.1, 0.15) is 11.7 Å². The molecule has 1 amide bonds. The number of hydrogen-bond donors (Lipinski definition) is 1. The van der Waals surface area contributed by atoms with E-state index in [4.69, 9.17) is 14.6 Å². The van der Waals surface area contributed by atoms with E-state index in [0.29, 0.717) is 60.9 Å². The second-order valence-electron chi connectivity index (χ2n) is 11.9. The number of pyridine rings is 1. The summed E-state index contributed by atoms with van der Waals surface area (Å²) in [4.78, 5) is 20.7. The normalized spacial score (nSPS) is 18.0. The number of fused-ring (bicyclic) bond motifs is 2. The Morgan fingerprint density at radius 1 is 1.17 bits per heavy atom. The van der Waals surface area contributed by atoms with E-state index < -0.39 is 11.4 Å². The zero-order valence-corrected chi connectivity index (χ0v) is 24.4. The summed E-state index contributed by atoms with van der Waals surface area (Å²) < 4.78 is 30.0. The lowest BCUT2D eigenvalue weighted by atomic mass is 10.1. The van der Waals surface area contributed by atoms with E-state index in [1.54, 1.807) is 21.7 Å². The lowest BCUT2D eigenvalue weighted by molar-refractivity contribution is -0.0365. The number of benzene rings is 1. The highest BCUT2D eigenvalue weighted by atomic mass is 19.1. The van der Waals surface area contributed by atoms with Crippen LogP contribution in [0.5, 0.6) is 0 Å². The Morgan fingerprint density at radius 3 is 2.64 bits per heavy atom. The third kappa shape index (κ3) is 5.44. The van der Waals surface area contributed by atoms with Crippen LogP contribution in [-0.2, 0) is 9.47 Å². The molecule has 4 aromatic rings. The van der Waals surface area contributed by atoms with Crippen molar-refractivity contribution in [2.24, 2.45) is 0 Å². The Hall–Kier alpha value is -4.37. The van der Waals surface area contributed by atoms with Gasteiger partial charge >= 0.3 is 6.09 Å². The van der Waals surface area contributed by atoms with Crippen LogP contribution in [-0.4, -0.2) is 68.5 Å².